The number of Topliss-reactive ketones (excluding diaryl/α,β-unsaturated/α-hetero) is 1. The Morgan fingerprint density at radius 3 is 2.41 bits per heavy atom. The summed E-state index contributed by atoms with van der Waals surface area (Å²) in [6, 6.07) is 4.79. The van der Waals surface area contributed by atoms with Gasteiger partial charge in [-0.05, 0) is 31.0 Å². The van der Waals surface area contributed by atoms with Gasteiger partial charge in [0.2, 0.25) is 5.91 Å². The second-order valence-corrected chi connectivity index (χ2v) is 4.93. The molecule has 1 aliphatic rings. The highest BCUT2D eigenvalue weighted by Crippen LogP contribution is 2.25. The normalized spacial score (nSPS) is 19.4. The molecule has 1 saturated carbocycles. The predicted molar refractivity (Wildman–Crippen MR) is 67.4 cm³/mol. The maximum absolute atomic E-state index is 11.8. The number of carbonyl (C=O) groups is 2. The minimum atomic E-state index is -0.521. The number of halogens is 2. The molecule has 1 fully saturated rings. The van der Waals surface area contributed by atoms with E-state index in [9.17, 15) is 9.59 Å². The fourth-order valence-electron chi connectivity index (χ4n) is 1.95. The Bertz CT molecular complexity index is 453. The monoisotopic (exact) mass is 271 g/mol. The van der Waals surface area contributed by atoms with Crippen LogP contribution in [0.5, 0.6) is 0 Å². The van der Waals surface area contributed by atoms with Crippen molar-refractivity contribution < 1.29 is 9.59 Å². The summed E-state index contributed by atoms with van der Waals surface area (Å²) in [5, 5.41) is 3.57. The van der Waals surface area contributed by atoms with Gasteiger partial charge in [-0.3, -0.25) is 9.59 Å². The third kappa shape index (κ3) is 2.99. The first kappa shape index (κ1) is 12.4. The van der Waals surface area contributed by atoms with Crippen LogP contribution in [-0.4, -0.2) is 11.7 Å². The third-order valence-corrected chi connectivity index (χ3v) is 3.19. The summed E-state index contributed by atoms with van der Waals surface area (Å²) in [4.78, 5) is 23.3. The maximum Gasteiger partial charge on any atom is 0.234 e. The summed E-state index contributed by atoms with van der Waals surface area (Å²) in [6.07, 6.45) is 1.90. The first-order chi connectivity index (χ1) is 8.06. The number of rotatable bonds is 2. The summed E-state index contributed by atoms with van der Waals surface area (Å²) < 4.78 is 0. The van der Waals surface area contributed by atoms with Crippen LogP contribution < -0.4 is 5.32 Å². The summed E-state index contributed by atoms with van der Waals surface area (Å²) in [5.74, 6) is -0.783. The Hall–Kier alpha value is -1.06. The molecule has 0 heterocycles. The molecule has 1 amide bonds. The standard InChI is InChI=1S/C12H11Cl2NO2/c13-7-4-8(14)6-9(5-7)15-12(17)10-2-1-3-11(10)16/h4-6,10H,1-3H2,(H,15,17). The molecular weight excluding hydrogens is 261 g/mol. The van der Waals surface area contributed by atoms with E-state index in [0.717, 1.165) is 6.42 Å². The Labute approximate surface area is 109 Å². The van der Waals surface area contributed by atoms with Crippen molar-refractivity contribution in [3.63, 3.8) is 0 Å². The largest absolute Gasteiger partial charge is 0.325 e. The van der Waals surface area contributed by atoms with Gasteiger partial charge >= 0.3 is 0 Å². The highest BCUT2D eigenvalue weighted by molar-refractivity contribution is 6.35. The van der Waals surface area contributed by atoms with Crippen LogP contribution in [0.4, 0.5) is 5.69 Å². The van der Waals surface area contributed by atoms with Crippen molar-refractivity contribution >= 4 is 40.6 Å². The minimum absolute atomic E-state index is 0.00984. The van der Waals surface area contributed by atoms with Crippen molar-refractivity contribution in [3.05, 3.63) is 28.2 Å². The van der Waals surface area contributed by atoms with Crippen LogP contribution >= 0.6 is 23.2 Å². The highest BCUT2D eigenvalue weighted by atomic mass is 35.5. The highest BCUT2D eigenvalue weighted by Gasteiger charge is 2.30. The molecule has 0 saturated heterocycles. The lowest BCUT2D eigenvalue weighted by molar-refractivity contribution is -0.129. The van der Waals surface area contributed by atoms with Gasteiger partial charge in [0, 0.05) is 22.2 Å². The van der Waals surface area contributed by atoms with Crippen molar-refractivity contribution in [2.75, 3.05) is 5.32 Å². The lowest BCUT2D eigenvalue weighted by Gasteiger charge is -2.10. The van der Waals surface area contributed by atoms with E-state index in [2.05, 4.69) is 5.32 Å². The van der Waals surface area contributed by atoms with E-state index in [1.807, 2.05) is 0 Å². The van der Waals surface area contributed by atoms with E-state index in [1.54, 1.807) is 18.2 Å². The number of nitrogens with one attached hydrogen (secondary N) is 1. The Morgan fingerprint density at radius 1 is 1.24 bits per heavy atom. The van der Waals surface area contributed by atoms with Crippen molar-refractivity contribution in [2.45, 2.75) is 19.3 Å². The average molecular weight is 272 g/mol. The van der Waals surface area contributed by atoms with Gasteiger partial charge in [0.25, 0.3) is 0 Å². The number of amides is 1. The quantitative estimate of drug-likeness (QED) is 0.839. The lowest BCUT2D eigenvalue weighted by atomic mass is 10.1. The number of hydrogen-bond acceptors (Lipinski definition) is 2. The predicted octanol–water partition coefficient (Wildman–Crippen LogP) is 3.30. The van der Waals surface area contributed by atoms with E-state index in [-0.39, 0.29) is 11.7 Å². The second kappa shape index (κ2) is 5.07. The number of benzene rings is 1. The molecule has 1 atom stereocenters. The molecule has 0 aromatic heterocycles. The molecule has 1 unspecified atom stereocenters. The first-order valence-corrected chi connectivity index (χ1v) is 6.11. The van der Waals surface area contributed by atoms with Crippen molar-refractivity contribution in [3.8, 4) is 0 Å². The minimum Gasteiger partial charge on any atom is -0.325 e. The SMILES string of the molecule is O=C1CCCC1C(=O)Nc1cc(Cl)cc(Cl)c1. The van der Waals surface area contributed by atoms with E-state index in [1.165, 1.54) is 0 Å². The van der Waals surface area contributed by atoms with Crippen molar-refractivity contribution in [2.24, 2.45) is 5.92 Å². The zero-order valence-corrected chi connectivity index (χ0v) is 10.5. The summed E-state index contributed by atoms with van der Waals surface area (Å²) in [6.45, 7) is 0. The summed E-state index contributed by atoms with van der Waals surface area (Å²) in [7, 11) is 0. The molecule has 1 N–H and O–H groups in total. The molecule has 3 nitrogen and oxygen atoms in total. The third-order valence-electron chi connectivity index (χ3n) is 2.75. The van der Waals surface area contributed by atoms with E-state index >= 15 is 0 Å². The molecule has 1 aromatic carbocycles. The fraction of sp³-hybridized carbons (Fsp3) is 0.333. The van der Waals surface area contributed by atoms with Crippen molar-refractivity contribution in [1.29, 1.82) is 0 Å². The molecule has 0 bridgehead atoms. The van der Waals surface area contributed by atoms with E-state index in [0.29, 0.717) is 28.6 Å². The smallest absolute Gasteiger partial charge is 0.234 e. The molecule has 0 radical (unpaired) electrons. The Balaban J connectivity index is 2.10. The zero-order valence-electron chi connectivity index (χ0n) is 9.00. The molecule has 0 aliphatic heterocycles. The fourth-order valence-corrected chi connectivity index (χ4v) is 2.47. The number of ketones is 1. The van der Waals surface area contributed by atoms with Crippen LogP contribution in [0.15, 0.2) is 18.2 Å². The van der Waals surface area contributed by atoms with Crippen LogP contribution in [0, 0.1) is 5.92 Å². The maximum atomic E-state index is 11.8. The van der Waals surface area contributed by atoms with Gasteiger partial charge in [-0.15, -0.1) is 0 Å². The molecule has 0 spiro atoms. The Kier molecular flexibility index (Phi) is 3.69. The molecular formula is C12H11Cl2NO2. The molecule has 2 rings (SSSR count). The second-order valence-electron chi connectivity index (χ2n) is 4.06. The van der Waals surface area contributed by atoms with Crippen molar-refractivity contribution in [1.82, 2.24) is 0 Å². The molecule has 1 aromatic rings. The van der Waals surface area contributed by atoms with Crippen LogP contribution in [0.3, 0.4) is 0 Å². The van der Waals surface area contributed by atoms with Gasteiger partial charge in [-0.2, -0.15) is 0 Å². The molecule has 5 heteroatoms. The number of carbonyl (C=O) groups excluding carboxylic acids is 2. The Morgan fingerprint density at radius 2 is 1.88 bits per heavy atom. The lowest BCUT2D eigenvalue weighted by Crippen LogP contribution is -2.25. The van der Waals surface area contributed by atoms with Gasteiger partial charge in [0.1, 0.15) is 5.78 Å². The molecule has 90 valence electrons. The van der Waals surface area contributed by atoms with Gasteiger partial charge < -0.3 is 5.32 Å². The average Bonchev–Trinajstić information content (AvgIpc) is 2.62. The van der Waals surface area contributed by atoms with E-state index in [4.69, 9.17) is 23.2 Å². The van der Waals surface area contributed by atoms with Gasteiger partial charge in [0.15, 0.2) is 0 Å². The van der Waals surface area contributed by atoms with Gasteiger partial charge in [0.05, 0.1) is 5.92 Å². The molecule has 1 aliphatic carbocycles. The zero-order chi connectivity index (χ0) is 12.4. The number of hydrogen-bond donors (Lipinski definition) is 1. The van der Waals surface area contributed by atoms with Crippen LogP contribution in [0.1, 0.15) is 19.3 Å². The number of anilines is 1. The summed E-state index contributed by atoms with van der Waals surface area (Å²) >= 11 is 11.6. The van der Waals surface area contributed by atoms with Gasteiger partial charge in [-0.25, -0.2) is 0 Å². The van der Waals surface area contributed by atoms with Crippen LogP contribution in [-0.2, 0) is 9.59 Å². The summed E-state index contributed by atoms with van der Waals surface area (Å²) in [5.41, 5.74) is 0.521. The van der Waals surface area contributed by atoms with Crippen LogP contribution in [0.25, 0.3) is 0 Å². The van der Waals surface area contributed by atoms with Crippen LogP contribution in [0.2, 0.25) is 10.0 Å². The van der Waals surface area contributed by atoms with Gasteiger partial charge in [-0.1, -0.05) is 23.2 Å². The first-order valence-electron chi connectivity index (χ1n) is 5.36. The molecule has 17 heavy (non-hydrogen) atoms. The van der Waals surface area contributed by atoms with E-state index < -0.39 is 5.92 Å². The topological polar surface area (TPSA) is 46.2 Å².